The summed E-state index contributed by atoms with van der Waals surface area (Å²) in [6.45, 7) is 4.13. The standard InChI is InChI=1S/C44H34F2N2/c1-31-12-14-33(15-13-31)34-16-22-39(23-17-34)47(43-10-4-7-37(45)29-43)40-24-18-35(19-25-40)36-20-26-41(27-21-36)48(42-9-3-6-32(2)28-42)44-11-5-8-38(46)30-44/h3-30H,1-2H3. The van der Waals surface area contributed by atoms with Crippen molar-refractivity contribution in [3.63, 3.8) is 0 Å². The predicted molar refractivity (Wildman–Crippen MR) is 196 cm³/mol. The Labute approximate surface area is 280 Å². The summed E-state index contributed by atoms with van der Waals surface area (Å²) in [6.07, 6.45) is 0. The fourth-order valence-electron chi connectivity index (χ4n) is 6.05. The van der Waals surface area contributed by atoms with Gasteiger partial charge in [0, 0.05) is 34.1 Å². The van der Waals surface area contributed by atoms with Gasteiger partial charge >= 0.3 is 0 Å². The van der Waals surface area contributed by atoms with Gasteiger partial charge in [-0.15, -0.1) is 0 Å². The lowest BCUT2D eigenvalue weighted by atomic mass is 10.0. The molecule has 0 fully saturated rings. The number of rotatable bonds is 8. The van der Waals surface area contributed by atoms with Gasteiger partial charge < -0.3 is 9.80 Å². The Bertz CT molecular complexity index is 2110. The average Bonchev–Trinajstić information content (AvgIpc) is 3.10. The summed E-state index contributed by atoms with van der Waals surface area (Å²) in [4.78, 5) is 4.12. The smallest absolute Gasteiger partial charge is 0.125 e. The van der Waals surface area contributed by atoms with Gasteiger partial charge in [-0.3, -0.25) is 0 Å². The molecule has 0 unspecified atom stereocenters. The molecule has 234 valence electrons. The van der Waals surface area contributed by atoms with E-state index in [1.54, 1.807) is 24.3 Å². The van der Waals surface area contributed by atoms with Gasteiger partial charge in [-0.25, -0.2) is 8.78 Å². The average molecular weight is 629 g/mol. The molecule has 7 rings (SSSR count). The second kappa shape index (κ2) is 13.4. The van der Waals surface area contributed by atoms with Crippen molar-refractivity contribution >= 4 is 34.1 Å². The molecule has 0 aliphatic heterocycles. The van der Waals surface area contributed by atoms with Crippen molar-refractivity contribution in [2.45, 2.75) is 13.8 Å². The molecule has 0 N–H and O–H groups in total. The van der Waals surface area contributed by atoms with Crippen LogP contribution in [0.25, 0.3) is 22.3 Å². The van der Waals surface area contributed by atoms with Gasteiger partial charge in [0.2, 0.25) is 0 Å². The van der Waals surface area contributed by atoms with Crippen LogP contribution < -0.4 is 9.80 Å². The van der Waals surface area contributed by atoms with Crippen LogP contribution in [0.1, 0.15) is 11.1 Å². The van der Waals surface area contributed by atoms with Gasteiger partial charge in [0.05, 0.1) is 0 Å². The SMILES string of the molecule is Cc1ccc(-c2ccc(N(c3ccc(-c4ccc(N(c5cccc(C)c5)c5cccc(F)c5)cc4)cc3)c3cccc(F)c3)cc2)cc1. The van der Waals surface area contributed by atoms with E-state index < -0.39 is 0 Å². The number of hydrogen-bond acceptors (Lipinski definition) is 2. The van der Waals surface area contributed by atoms with Gasteiger partial charge in [-0.05, 0) is 127 Å². The molecule has 0 heterocycles. The number of nitrogens with zero attached hydrogens (tertiary/aromatic N) is 2. The molecule has 0 aliphatic carbocycles. The Balaban J connectivity index is 1.20. The first-order valence-corrected chi connectivity index (χ1v) is 16.0. The minimum atomic E-state index is -0.288. The first-order valence-electron chi connectivity index (χ1n) is 16.0. The highest BCUT2D eigenvalue weighted by Gasteiger charge is 2.16. The molecule has 7 aromatic rings. The monoisotopic (exact) mass is 628 g/mol. The topological polar surface area (TPSA) is 6.48 Å². The lowest BCUT2D eigenvalue weighted by Gasteiger charge is -2.26. The van der Waals surface area contributed by atoms with Crippen LogP contribution >= 0.6 is 0 Å². The first-order chi connectivity index (χ1) is 23.4. The van der Waals surface area contributed by atoms with Crippen LogP contribution in [0.2, 0.25) is 0 Å². The van der Waals surface area contributed by atoms with Crippen molar-refractivity contribution in [3.8, 4) is 22.3 Å². The van der Waals surface area contributed by atoms with Crippen molar-refractivity contribution in [2.75, 3.05) is 9.80 Å². The van der Waals surface area contributed by atoms with Crippen LogP contribution in [-0.4, -0.2) is 0 Å². The van der Waals surface area contributed by atoms with Crippen molar-refractivity contribution < 1.29 is 8.78 Å². The molecule has 0 amide bonds. The summed E-state index contributed by atoms with van der Waals surface area (Å²) in [5.74, 6) is -0.570. The Hall–Kier alpha value is -6.00. The molecule has 7 aromatic carbocycles. The summed E-state index contributed by atoms with van der Waals surface area (Å²) in [7, 11) is 0. The summed E-state index contributed by atoms with van der Waals surface area (Å²) in [5, 5.41) is 0. The Morgan fingerprint density at radius 1 is 0.312 bits per heavy atom. The third-order valence-electron chi connectivity index (χ3n) is 8.49. The van der Waals surface area contributed by atoms with Gasteiger partial charge in [-0.2, -0.15) is 0 Å². The maximum Gasteiger partial charge on any atom is 0.125 e. The molecule has 0 bridgehead atoms. The molecule has 0 aromatic heterocycles. The lowest BCUT2D eigenvalue weighted by molar-refractivity contribution is 0.627. The Morgan fingerprint density at radius 2 is 0.646 bits per heavy atom. The first kappa shape index (κ1) is 30.6. The summed E-state index contributed by atoms with van der Waals surface area (Å²) >= 11 is 0. The summed E-state index contributed by atoms with van der Waals surface area (Å²) in [6, 6.07) is 54.9. The van der Waals surface area contributed by atoms with E-state index in [2.05, 4.69) is 133 Å². The molecule has 0 saturated carbocycles. The van der Waals surface area contributed by atoms with E-state index in [1.165, 1.54) is 17.7 Å². The highest BCUT2D eigenvalue weighted by molar-refractivity contribution is 5.81. The summed E-state index contributed by atoms with van der Waals surface area (Å²) < 4.78 is 28.8. The van der Waals surface area contributed by atoms with E-state index in [0.717, 1.165) is 61.9 Å². The number of benzene rings is 7. The van der Waals surface area contributed by atoms with Crippen molar-refractivity contribution in [2.24, 2.45) is 0 Å². The molecular weight excluding hydrogens is 594 g/mol. The minimum Gasteiger partial charge on any atom is -0.310 e. The van der Waals surface area contributed by atoms with Crippen LogP contribution in [0.15, 0.2) is 170 Å². The van der Waals surface area contributed by atoms with E-state index in [1.807, 2.05) is 24.3 Å². The van der Waals surface area contributed by atoms with Crippen molar-refractivity contribution in [1.82, 2.24) is 0 Å². The van der Waals surface area contributed by atoms with Crippen LogP contribution in [0.3, 0.4) is 0 Å². The maximum absolute atomic E-state index is 14.5. The van der Waals surface area contributed by atoms with Gasteiger partial charge in [-0.1, -0.05) is 90.5 Å². The fourth-order valence-corrected chi connectivity index (χ4v) is 6.05. The molecule has 0 spiro atoms. The Kier molecular flexibility index (Phi) is 8.55. The van der Waals surface area contributed by atoms with Gasteiger partial charge in [0.15, 0.2) is 0 Å². The van der Waals surface area contributed by atoms with Gasteiger partial charge in [0.25, 0.3) is 0 Å². The second-order valence-electron chi connectivity index (χ2n) is 12.0. The number of anilines is 6. The third kappa shape index (κ3) is 6.60. The molecular formula is C44H34F2N2. The predicted octanol–water partition coefficient (Wildman–Crippen LogP) is 12.9. The third-order valence-corrected chi connectivity index (χ3v) is 8.49. The summed E-state index contributed by atoms with van der Waals surface area (Å²) in [5.41, 5.74) is 11.9. The van der Waals surface area contributed by atoms with Crippen molar-refractivity contribution in [1.29, 1.82) is 0 Å². The van der Waals surface area contributed by atoms with Crippen LogP contribution in [0.5, 0.6) is 0 Å². The largest absolute Gasteiger partial charge is 0.310 e. The number of hydrogen-bond donors (Lipinski definition) is 0. The molecule has 4 heteroatoms. The normalized spacial score (nSPS) is 10.9. The van der Waals surface area contributed by atoms with E-state index in [9.17, 15) is 8.78 Å². The van der Waals surface area contributed by atoms with Gasteiger partial charge in [0.1, 0.15) is 11.6 Å². The highest BCUT2D eigenvalue weighted by Crippen LogP contribution is 2.39. The van der Waals surface area contributed by atoms with E-state index >= 15 is 0 Å². The molecule has 0 saturated heterocycles. The number of aryl methyl sites for hydroxylation is 2. The zero-order valence-electron chi connectivity index (χ0n) is 26.8. The number of halogens is 2. The quantitative estimate of drug-likeness (QED) is 0.165. The highest BCUT2D eigenvalue weighted by atomic mass is 19.1. The van der Waals surface area contributed by atoms with Crippen LogP contribution in [-0.2, 0) is 0 Å². The van der Waals surface area contributed by atoms with Crippen LogP contribution in [0, 0.1) is 25.5 Å². The molecule has 0 atom stereocenters. The maximum atomic E-state index is 14.5. The second-order valence-corrected chi connectivity index (χ2v) is 12.0. The lowest BCUT2D eigenvalue weighted by Crippen LogP contribution is -2.10. The van der Waals surface area contributed by atoms with Crippen LogP contribution in [0.4, 0.5) is 42.9 Å². The van der Waals surface area contributed by atoms with E-state index in [4.69, 9.17) is 0 Å². The van der Waals surface area contributed by atoms with E-state index in [0.29, 0.717) is 0 Å². The van der Waals surface area contributed by atoms with Crippen molar-refractivity contribution in [3.05, 3.63) is 193 Å². The zero-order valence-corrected chi connectivity index (χ0v) is 26.8. The fraction of sp³-hybridized carbons (Fsp3) is 0.0455. The van der Waals surface area contributed by atoms with E-state index in [-0.39, 0.29) is 11.6 Å². The zero-order chi connectivity index (χ0) is 33.0. The minimum absolute atomic E-state index is 0.281. The Morgan fingerprint density at radius 3 is 1.02 bits per heavy atom. The molecule has 0 radical (unpaired) electrons. The molecule has 48 heavy (non-hydrogen) atoms. The molecule has 0 aliphatic rings. The molecule has 2 nitrogen and oxygen atoms in total.